The summed E-state index contributed by atoms with van der Waals surface area (Å²) in [6.07, 6.45) is 3.07. The Labute approximate surface area is 152 Å². The Hall–Kier alpha value is -2.63. The van der Waals surface area contributed by atoms with Crippen LogP contribution < -0.4 is 0 Å². The van der Waals surface area contributed by atoms with E-state index in [1.165, 1.54) is 0 Å². The van der Waals surface area contributed by atoms with Crippen molar-refractivity contribution in [2.24, 2.45) is 11.3 Å². The number of ether oxygens (including phenoxy) is 1. The van der Waals surface area contributed by atoms with Crippen LogP contribution in [0.1, 0.15) is 38.2 Å². The molecule has 0 bridgehead atoms. The van der Waals surface area contributed by atoms with Crippen molar-refractivity contribution >= 4 is 17.8 Å². The minimum atomic E-state index is -1.03. The van der Waals surface area contributed by atoms with Crippen molar-refractivity contribution in [2.75, 3.05) is 6.61 Å². The van der Waals surface area contributed by atoms with Gasteiger partial charge in [0.1, 0.15) is 5.41 Å². The second kappa shape index (κ2) is 7.32. The maximum absolute atomic E-state index is 13.0. The predicted molar refractivity (Wildman–Crippen MR) is 93.7 cm³/mol. The summed E-state index contributed by atoms with van der Waals surface area (Å²) in [4.78, 5) is 38.7. The van der Waals surface area contributed by atoms with E-state index in [4.69, 9.17) is 4.74 Å². The van der Waals surface area contributed by atoms with Crippen LogP contribution in [0.4, 0.5) is 0 Å². The van der Waals surface area contributed by atoms with Gasteiger partial charge in [0, 0.05) is 5.70 Å². The maximum atomic E-state index is 13.0. The summed E-state index contributed by atoms with van der Waals surface area (Å²) >= 11 is 0. The number of carbonyl (C=O) groups is 3. The molecular formula is C20H23NO5. The molecule has 6 nitrogen and oxygen atoms in total. The van der Waals surface area contributed by atoms with E-state index in [0.29, 0.717) is 25.1 Å². The summed E-state index contributed by atoms with van der Waals surface area (Å²) in [5, 5.41) is 9.22. The molecule has 1 N–H and O–H groups in total. The predicted octanol–water partition coefficient (Wildman–Crippen LogP) is 2.74. The quantitative estimate of drug-likeness (QED) is 0.792. The fourth-order valence-corrected chi connectivity index (χ4v) is 4.06. The molecule has 2 aliphatic rings. The van der Waals surface area contributed by atoms with Crippen molar-refractivity contribution < 1.29 is 24.2 Å². The van der Waals surface area contributed by atoms with E-state index in [1.54, 1.807) is 11.8 Å². The summed E-state index contributed by atoms with van der Waals surface area (Å²) in [6, 6.07) is 9.50. The third kappa shape index (κ3) is 3.23. The van der Waals surface area contributed by atoms with Crippen LogP contribution in [0, 0.1) is 11.3 Å². The van der Waals surface area contributed by atoms with Gasteiger partial charge in [-0.3, -0.25) is 14.4 Å². The number of rotatable bonds is 6. The standard InChI is InChI=1S/C20H23NO5/c1-2-26-19(25)20-10-6-9-16(20)21(13-14-7-4-3-5-8-14)18(24)15(12-20)11-17(22)23/h3-5,7-9,15H,2,6,10-13H2,1H3,(H,22,23)/t15-,20-/m0/s1. The Balaban J connectivity index is 1.98. The van der Waals surface area contributed by atoms with Gasteiger partial charge in [0.15, 0.2) is 0 Å². The molecule has 1 amide bonds. The Morgan fingerprint density at radius 1 is 1.31 bits per heavy atom. The molecule has 1 aromatic rings. The van der Waals surface area contributed by atoms with Gasteiger partial charge in [-0.1, -0.05) is 36.4 Å². The number of aliphatic carboxylic acids is 1. The molecule has 3 rings (SSSR count). The molecule has 0 unspecified atom stereocenters. The van der Waals surface area contributed by atoms with Crippen LogP contribution >= 0.6 is 0 Å². The lowest BCUT2D eigenvalue weighted by Crippen LogP contribution is -2.51. The summed E-state index contributed by atoms with van der Waals surface area (Å²) in [5.41, 5.74) is 0.688. The normalized spacial score (nSPS) is 24.8. The molecule has 0 spiro atoms. The number of piperidine rings is 1. The molecule has 1 fully saturated rings. The van der Waals surface area contributed by atoms with Gasteiger partial charge in [-0.2, -0.15) is 0 Å². The number of allylic oxidation sites excluding steroid dienone is 1. The number of likely N-dealkylation sites (tertiary alicyclic amines) is 1. The highest BCUT2D eigenvalue weighted by Gasteiger charge is 2.55. The highest BCUT2D eigenvalue weighted by molar-refractivity contribution is 5.91. The number of carboxylic acids is 1. The molecular weight excluding hydrogens is 334 g/mol. The Morgan fingerprint density at radius 2 is 2.04 bits per heavy atom. The minimum absolute atomic E-state index is 0.202. The number of benzene rings is 1. The van der Waals surface area contributed by atoms with Crippen molar-refractivity contribution in [3.63, 3.8) is 0 Å². The monoisotopic (exact) mass is 357 g/mol. The Morgan fingerprint density at radius 3 is 2.69 bits per heavy atom. The summed E-state index contributed by atoms with van der Waals surface area (Å²) in [6.45, 7) is 2.32. The maximum Gasteiger partial charge on any atom is 0.318 e. The van der Waals surface area contributed by atoms with E-state index < -0.39 is 17.3 Å². The average molecular weight is 357 g/mol. The van der Waals surface area contributed by atoms with Gasteiger partial charge in [-0.05, 0) is 31.7 Å². The molecule has 26 heavy (non-hydrogen) atoms. The van der Waals surface area contributed by atoms with Crippen LogP contribution in [0.25, 0.3) is 0 Å². The minimum Gasteiger partial charge on any atom is -0.481 e. The lowest BCUT2D eigenvalue weighted by molar-refractivity contribution is -0.162. The van der Waals surface area contributed by atoms with Gasteiger partial charge < -0.3 is 14.7 Å². The fourth-order valence-electron chi connectivity index (χ4n) is 4.06. The second-order valence-corrected chi connectivity index (χ2v) is 6.84. The summed E-state index contributed by atoms with van der Waals surface area (Å²) < 4.78 is 5.31. The number of amides is 1. The van der Waals surface area contributed by atoms with Gasteiger partial charge in [-0.15, -0.1) is 0 Å². The molecule has 0 saturated carbocycles. The number of nitrogens with zero attached hydrogens (tertiary/aromatic N) is 1. The molecule has 1 aliphatic heterocycles. The average Bonchev–Trinajstić information content (AvgIpc) is 3.04. The number of esters is 1. The smallest absolute Gasteiger partial charge is 0.318 e. The number of carbonyl (C=O) groups excluding carboxylic acids is 2. The first kappa shape index (κ1) is 18.2. The van der Waals surface area contributed by atoms with Gasteiger partial charge in [0.05, 0.1) is 25.5 Å². The topological polar surface area (TPSA) is 83.9 Å². The first-order chi connectivity index (χ1) is 12.5. The van der Waals surface area contributed by atoms with Crippen molar-refractivity contribution in [3.05, 3.63) is 47.7 Å². The molecule has 6 heteroatoms. The molecule has 0 aromatic heterocycles. The lowest BCUT2D eigenvalue weighted by Gasteiger charge is -2.44. The second-order valence-electron chi connectivity index (χ2n) is 6.84. The highest BCUT2D eigenvalue weighted by Crippen LogP contribution is 2.51. The zero-order valence-corrected chi connectivity index (χ0v) is 14.8. The van der Waals surface area contributed by atoms with E-state index in [1.807, 2.05) is 36.4 Å². The fraction of sp³-hybridized carbons (Fsp3) is 0.450. The van der Waals surface area contributed by atoms with E-state index in [0.717, 1.165) is 5.56 Å². The molecule has 1 heterocycles. The van der Waals surface area contributed by atoms with Crippen LogP contribution in [0.3, 0.4) is 0 Å². The molecule has 2 atom stereocenters. The van der Waals surface area contributed by atoms with E-state index >= 15 is 0 Å². The lowest BCUT2D eigenvalue weighted by atomic mass is 9.71. The SMILES string of the molecule is CCOC(=O)[C@]12CCC=C1N(Cc1ccccc1)C(=O)[C@@H](CC(=O)O)C2. The van der Waals surface area contributed by atoms with Crippen molar-refractivity contribution in [1.29, 1.82) is 0 Å². The van der Waals surface area contributed by atoms with Gasteiger partial charge in [0.2, 0.25) is 5.91 Å². The van der Waals surface area contributed by atoms with E-state index in [-0.39, 0.29) is 31.3 Å². The molecule has 1 saturated heterocycles. The first-order valence-electron chi connectivity index (χ1n) is 8.93. The van der Waals surface area contributed by atoms with Crippen LogP contribution in [0.15, 0.2) is 42.1 Å². The number of fused-ring (bicyclic) bond motifs is 1. The van der Waals surface area contributed by atoms with Crippen molar-refractivity contribution in [2.45, 2.75) is 39.2 Å². The number of hydrogen-bond acceptors (Lipinski definition) is 4. The van der Waals surface area contributed by atoms with Gasteiger partial charge in [0.25, 0.3) is 0 Å². The molecule has 0 radical (unpaired) electrons. The van der Waals surface area contributed by atoms with Crippen LogP contribution in [0.2, 0.25) is 0 Å². The molecule has 138 valence electrons. The number of carboxylic acid groups (broad SMARTS) is 1. The van der Waals surface area contributed by atoms with Crippen LogP contribution in [-0.4, -0.2) is 34.5 Å². The third-order valence-corrected chi connectivity index (χ3v) is 5.17. The third-order valence-electron chi connectivity index (χ3n) is 5.17. The summed E-state index contributed by atoms with van der Waals surface area (Å²) in [7, 11) is 0. The van der Waals surface area contributed by atoms with Crippen LogP contribution in [0.5, 0.6) is 0 Å². The zero-order chi connectivity index (χ0) is 18.7. The number of hydrogen-bond donors (Lipinski definition) is 1. The van der Waals surface area contributed by atoms with Crippen molar-refractivity contribution in [1.82, 2.24) is 4.90 Å². The van der Waals surface area contributed by atoms with E-state index in [2.05, 4.69) is 0 Å². The molecule has 1 aromatic carbocycles. The van der Waals surface area contributed by atoms with Crippen molar-refractivity contribution in [3.8, 4) is 0 Å². The Bertz CT molecular complexity index is 742. The Kier molecular flexibility index (Phi) is 5.11. The largest absolute Gasteiger partial charge is 0.481 e. The van der Waals surface area contributed by atoms with E-state index in [9.17, 15) is 19.5 Å². The summed E-state index contributed by atoms with van der Waals surface area (Å²) in [5.74, 6) is -2.35. The van der Waals surface area contributed by atoms with Crippen LogP contribution in [-0.2, 0) is 25.7 Å². The first-order valence-corrected chi connectivity index (χ1v) is 8.93. The highest BCUT2D eigenvalue weighted by atomic mass is 16.5. The molecule has 1 aliphatic carbocycles. The van der Waals surface area contributed by atoms with Gasteiger partial charge >= 0.3 is 11.9 Å². The van der Waals surface area contributed by atoms with Gasteiger partial charge in [-0.25, -0.2) is 0 Å². The zero-order valence-electron chi connectivity index (χ0n) is 14.8.